The van der Waals surface area contributed by atoms with E-state index in [4.69, 9.17) is 4.84 Å². The zero-order valence-electron chi connectivity index (χ0n) is 6.96. The van der Waals surface area contributed by atoms with Crippen molar-refractivity contribution < 1.29 is 4.84 Å². The first-order valence-corrected chi connectivity index (χ1v) is 3.47. The topological polar surface area (TPSA) is 15.7 Å². The lowest BCUT2D eigenvalue weighted by Crippen LogP contribution is -2.30. The van der Waals surface area contributed by atoms with Crippen LogP contribution in [0.4, 0.5) is 0 Å². The van der Waals surface area contributed by atoms with Gasteiger partial charge >= 0.3 is 0 Å². The van der Waals surface area contributed by atoms with Gasteiger partial charge in [-0.1, -0.05) is 19.0 Å². The maximum atomic E-state index is 5.14. The van der Waals surface area contributed by atoms with Crippen LogP contribution in [0.15, 0.2) is 12.0 Å². The molecule has 0 unspecified atom stereocenters. The fourth-order valence-corrected chi connectivity index (χ4v) is 0.950. The van der Waals surface area contributed by atoms with E-state index in [1.54, 1.807) is 11.4 Å². The molecule has 0 radical (unpaired) electrons. The first kappa shape index (κ1) is 7.41. The summed E-state index contributed by atoms with van der Waals surface area (Å²) in [5.41, 5.74) is 1.21. The fourth-order valence-electron chi connectivity index (χ4n) is 0.950. The Kier molecular flexibility index (Phi) is 1.85. The van der Waals surface area contributed by atoms with E-state index in [0.29, 0.717) is 5.92 Å². The van der Waals surface area contributed by atoms with E-state index in [-0.39, 0.29) is 0 Å². The van der Waals surface area contributed by atoms with Crippen molar-refractivity contribution in [3.8, 4) is 0 Å². The molecule has 0 bridgehead atoms. The number of rotatable bonds is 1. The number of hydroxylamine groups is 1. The molecule has 0 saturated heterocycles. The van der Waals surface area contributed by atoms with Gasteiger partial charge in [-0.3, -0.25) is 5.01 Å². The molecule has 3 heteroatoms. The molecule has 0 spiro atoms. The lowest BCUT2D eigenvalue weighted by atomic mass is 10.1. The van der Waals surface area contributed by atoms with Gasteiger partial charge in [0.25, 0.3) is 0 Å². The third kappa shape index (κ3) is 1.09. The predicted octanol–water partition coefficient (Wildman–Crippen LogP) is 1.21. The van der Waals surface area contributed by atoms with Gasteiger partial charge in [0.05, 0.1) is 5.70 Å². The number of nitrogens with zero attached hydrogens (tertiary/aromatic N) is 2. The average Bonchev–Trinajstić information content (AvgIpc) is 2.14. The molecule has 0 atom stereocenters. The molecule has 1 aliphatic heterocycles. The van der Waals surface area contributed by atoms with E-state index < -0.39 is 0 Å². The Hall–Kier alpha value is -0.700. The van der Waals surface area contributed by atoms with Crippen LogP contribution in [-0.4, -0.2) is 24.3 Å². The summed E-state index contributed by atoms with van der Waals surface area (Å²) in [6, 6.07) is 0. The lowest BCUT2D eigenvalue weighted by Gasteiger charge is -2.22. The molecule has 1 rings (SSSR count). The molecular formula is C7H14N2O. The van der Waals surface area contributed by atoms with Crippen molar-refractivity contribution >= 4 is 0 Å². The fraction of sp³-hybridized carbons (Fsp3) is 0.714. The highest BCUT2D eigenvalue weighted by atomic mass is 16.7. The Morgan fingerprint density at radius 3 is 2.20 bits per heavy atom. The van der Waals surface area contributed by atoms with Crippen LogP contribution in [0.5, 0.6) is 0 Å². The van der Waals surface area contributed by atoms with Gasteiger partial charge in [-0.15, -0.1) is 0 Å². The molecule has 58 valence electrons. The van der Waals surface area contributed by atoms with Crippen LogP contribution in [0.1, 0.15) is 13.8 Å². The van der Waals surface area contributed by atoms with Gasteiger partial charge < -0.3 is 4.84 Å². The van der Waals surface area contributed by atoms with Crippen LogP contribution < -0.4 is 0 Å². The predicted molar refractivity (Wildman–Crippen MR) is 39.5 cm³/mol. The van der Waals surface area contributed by atoms with Crippen LogP contribution >= 0.6 is 0 Å². The van der Waals surface area contributed by atoms with Crippen molar-refractivity contribution in [3.05, 3.63) is 12.0 Å². The largest absolute Gasteiger partial charge is 0.392 e. The second-order valence-corrected chi connectivity index (χ2v) is 2.79. The third-order valence-electron chi connectivity index (χ3n) is 1.71. The monoisotopic (exact) mass is 142 g/mol. The summed E-state index contributed by atoms with van der Waals surface area (Å²) >= 11 is 0. The molecule has 0 amide bonds. The minimum Gasteiger partial charge on any atom is -0.392 e. The molecule has 3 nitrogen and oxygen atoms in total. The van der Waals surface area contributed by atoms with E-state index in [2.05, 4.69) is 13.8 Å². The summed E-state index contributed by atoms with van der Waals surface area (Å²) in [5.74, 6) is 0.523. The van der Waals surface area contributed by atoms with Crippen LogP contribution in [0, 0.1) is 5.92 Å². The summed E-state index contributed by atoms with van der Waals surface area (Å²) in [4.78, 5) is 5.14. The van der Waals surface area contributed by atoms with Crippen molar-refractivity contribution in [2.45, 2.75) is 13.8 Å². The number of allylic oxidation sites excluding steroid dienone is 1. The standard InChI is InChI=1S/C7H14N2O/c1-6(2)7-5-10-9(4)8(7)3/h5-6H,1-4H3. The van der Waals surface area contributed by atoms with Crippen LogP contribution in [0.25, 0.3) is 0 Å². The van der Waals surface area contributed by atoms with E-state index in [9.17, 15) is 0 Å². The van der Waals surface area contributed by atoms with Crippen molar-refractivity contribution in [1.29, 1.82) is 0 Å². The molecular weight excluding hydrogens is 128 g/mol. The summed E-state index contributed by atoms with van der Waals surface area (Å²) in [5, 5.41) is 3.69. The molecule has 1 aliphatic rings. The Balaban J connectivity index is 2.62. The Morgan fingerprint density at radius 1 is 1.40 bits per heavy atom. The molecule has 0 aliphatic carbocycles. The molecule has 0 N–H and O–H groups in total. The van der Waals surface area contributed by atoms with Gasteiger partial charge in [0.1, 0.15) is 6.26 Å². The van der Waals surface area contributed by atoms with Gasteiger partial charge in [0, 0.05) is 14.1 Å². The minimum absolute atomic E-state index is 0.523. The van der Waals surface area contributed by atoms with Gasteiger partial charge in [-0.05, 0) is 5.92 Å². The van der Waals surface area contributed by atoms with Gasteiger partial charge in [-0.25, -0.2) is 0 Å². The van der Waals surface area contributed by atoms with Gasteiger partial charge in [0.2, 0.25) is 0 Å². The lowest BCUT2D eigenvalue weighted by molar-refractivity contribution is -0.176. The smallest absolute Gasteiger partial charge is 0.134 e. The summed E-state index contributed by atoms with van der Waals surface area (Å²) in [6.45, 7) is 4.29. The maximum absolute atomic E-state index is 5.14. The van der Waals surface area contributed by atoms with E-state index in [1.165, 1.54) is 5.70 Å². The molecule has 0 fully saturated rings. The zero-order valence-corrected chi connectivity index (χ0v) is 6.96. The number of hydrogen-bond donors (Lipinski definition) is 0. The molecule has 1 heterocycles. The first-order valence-electron chi connectivity index (χ1n) is 3.47. The summed E-state index contributed by atoms with van der Waals surface area (Å²) in [6.07, 6.45) is 1.78. The van der Waals surface area contributed by atoms with E-state index in [1.807, 2.05) is 19.1 Å². The Morgan fingerprint density at radius 2 is 2.00 bits per heavy atom. The Bertz CT molecular complexity index is 154. The van der Waals surface area contributed by atoms with E-state index >= 15 is 0 Å². The van der Waals surface area contributed by atoms with Gasteiger partial charge in [0.15, 0.2) is 0 Å². The van der Waals surface area contributed by atoms with Crippen LogP contribution in [0.3, 0.4) is 0 Å². The summed E-state index contributed by atoms with van der Waals surface area (Å²) < 4.78 is 0. The highest BCUT2D eigenvalue weighted by Crippen LogP contribution is 2.20. The molecule has 0 saturated carbocycles. The molecule has 0 aromatic carbocycles. The average molecular weight is 142 g/mol. The summed E-state index contributed by atoms with van der Waals surface area (Å²) in [7, 11) is 3.87. The Labute approximate surface area is 61.8 Å². The van der Waals surface area contributed by atoms with Gasteiger partial charge in [-0.2, -0.15) is 0 Å². The first-order chi connectivity index (χ1) is 4.63. The molecule has 0 aromatic heterocycles. The van der Waals surface area contributed by atoms with Crippen LogP contribution in [0.2, 0.25) is 0 Å². The second kappa shape index (κ2) is 2.50. The quantitative estimate of drug-likeness (QED) is 0.547. The molecule has 10 heavy (non-hydrogen) atoms. The van der Waals surface area contributed by atoms with Crippen LogP contribution in [-0.2, 0) is 4.84 Å². The normalized spacial score (nSPS) is 19.7. The number of hydrogen-bond acceptors (Lipinski definition) is 3. The SMILES string of the molecule is CC(C)C1=CON(C)N1C. The van der Waals surface area contributed by atoms with E-state index in [0.717, 1.165) is 0 Å². The second-order valence-electron chi connectivity index (χ2n) is 2.79. The van der Waals surface area contributed by atoms with Crippen molar-refractivity contribution in [1.82, 2.24) is 10.2 Å². The van der Waals surface area contributed by atoms with Crippen molar-refractivity contribution in [3.63, 3.8) is 0 Å². The zero-order chi connectivity index (χ0) is 7.72. The highest BCUT2D eigenvalue weighted by Gasteiger charge is 2.19. The maximum Gasteiger partial charge on any atom is 0.134 e. The highest BCUT2D eigenvalue weighted by molar-refractivity contribution is 5.00. The molecule has 0 aromatic rings. The minimum atomic E-state index is 0.523. The number of hydrazine groups is 1. The van der Waals surface area contributed by atoms with Crippen molar-refractivity contribution in [2.24, 2.45) is 5.92 Å². The van der Waals surface area contributed by atoms with Crippen molar-refractivity contribution in [2.75, 3.05) is 14.1 Å². The third-order valence-corrected chi connectivity index (χ3v) is 1.71.